The van der Waals surface area contributed by atoms with Crippen molar-refractivity contribution in [3.8, 4) is 0 Å². The van der Waals surface area contributed by atoms with Gasteiger partial charge >= 0.3 is 0 Å². The number of nitrogens with one attached hydrogen (secondary N) is 1. The first kappa shape index (κ1) is 14.9. The van der Waals surface area contributed by atoms with Crippen molar-refractivity contribution in [3.63, 3.8) is 0 Å². The fourth-order valence-electron chi connectivity index (χ4n) is 3.26. The molecule has 0 saturated carbocycles. The fourth-order valence-corrected chi connectivity index (χ4v) is 3.26. The largest absolute Gasteiger partial charge is 0.375 e. The van der Waals surface area contributed by atoms with Gasteiger partial charge in [0.1, 0.15) is 6.23 Å². The zero-order chi connectivity index (χ0) is 15.5. The highest BCUT2D eigenvalue weighted by atomic mass is 16.3. The van der Waals surface area contributed by atoms with Crippen LogP contribution >= 0.6 is 0 Å². The summed E-state index contributed by atoms with van der Waals surface area (Å²) >= 11 is 0. The highest BCUT2D eigenvalue weighted by molar-refractivity contribution is 5.42. The molecule has 2 N–H and O–H groups in total. The van der Waals surface area contributed by atoms with E-state index < -0.39 is 6.23 Å². The minimum absolute atomic E-state index is 0.0881. The van der Waals surface area contributed by atoms with Gasteiger partial charge in [0, 0.05) is 17.9 Å². The Morgan fingerprint density at radius 3 is 2.95 bits per heavy atom. The number of hydrogen-bond acceptors (Lipinski definition) is 4. The van der Waals surface area contributed by atoms with Gasteiger partial charge in [0.05, 0.1) is 6.04 Å². The molecule has 3 aliphatic rings. The summed E-state index contributed by atoms with van der Waals surface area (Å²) in [6, 6.07) is -0.110. The molecule has 0 radical (unpaired) electrons. The predicted octanol–water partition coefficient (Wildman–Crippen LogP) is 2.17. The van der Waals surface area contributed by atoms with E-state index in [4.69, 9.17) is 0 Å². The van der Waals surface area contributed by atoms with Gasteiger partial charge in [-0.3, -0.25) is 5.32 Å². The van der Waals surface area contributed by atoms with Crippen molar-refractivity contribution < 1.29 is 9.90 Å². The lowest BCUT2D eigenvalue weighted by molar-refractivity contribution is 0.148. The molecule has 4 heteroatoms. The lowest BCUT2D eigenvalue weighted by atomic mass is 9.81. The highest BCUT2D eigenvalue weighted by Gasteiger charge is 2.30. The Morgan fingerprint density at radius 1 is 1.36 bits per heavy atom. The van der Waals surface area contributed by atoms with Gasteiger partial charge < -0.3 is 5.11 Å². The van der Waals surface area contributed by atoms with Crippen molar-refractivity contribution >= 4 is 6.08 Å². The maximum absolute atomic E-state index is 10.8. The van der Waals surface area contributed by atoms with E-state index in [1.165, 1.54) is 0 Å². The first-order valence-corrected chi connectivity index (χ1v) is 7.61. The number of nitrogens with zero attached hydrogens (tertiary/aromatic N) is 1. The van der Waals surface area contributed by atoms with Gasteiger partial charge in [-0.25, -0.2) is 4.79 Å². The molecule has 0 fully saturated rings. The van der Waals surface area contributed by atoms with Gasteiger partial charge in [-0.1, -0.05) is 48.6 Å². The first-order chi connectivity index (χ1) is 10.7. The van der Waals surface area contributed by atoms with Crippen molar-refractivity contribution in [3.05, 3.63) is 59.8 Å². The van der Waals surface area contributed by atoms with Crippen LogP contribution in [0, 0.1) is 11.8 Å². The maximum atomic E-state index is 10.8. The van der Waals surface area contributed by atoms with Gasteiger partial charge in [0.15, 0.2) is 0 Å². The Morgan fingerprint density at radius 2 is 2.23 bits per heavy atom. The number of aliphatic hydroxyl groups excluding tert-OH is 1. The van der Waals surface area contributed by atoms with E-state index in [0.717, 1.165) is 17.6 Å². The number of carbonyl (C=O) groups excluding carboxylic acids is 1. The van der Waals surface area contributed by atoms with Crippen LogP contribution in [0.2, 0.25) is 0 Å². The number of hydrogen-bond donors (Lipinski definition) is 2. The van der Waals surface area contributed by atoms with Gasteiger partial charge in [-0.05, 0) is 24.5 Å². The molecule has 0 aromatic rings. The zero-order valence-corrected chi connectivity index (χ0v) is 12.5. The second-order valence-corrected chi connectivity index (χ2v) is 5.99. The molecule has 1 aliphatic heterocycles. The van der Waals surface area contributed by atoms with Crippen LogP contribution in [0.1, 0.15) is 13.3 Å². The number of allylic oxidation sites excluding steroid dienone is 3. The Hall–Kier alpha value is -2.00. The molecule has 0 saturated heterocycles. The molecule has 4 nitrogen and oxygen atoms in total. The third-order valence-electron chi connectivity index (χ3n) is 4.49. The monoisotopic (exact) mass is 296 g/mol. The molecule has 0 bridgehead atoms. The third-order valence-corrected chi connectivity index (χ3v) is 4.49. The minimum atomic E-state index is -0.587. The predicted molar refractivity (Wildman–Crippen MR) is 85.7 cm³/mol. The fraction of sp³-hybridized carbons (Fsp3) is 0.389. The molecule has 2 aliphatic carbocycles. The van der Waals surface area contributed by atoms with Crippen LogP contribution in [0.15, 0.2) is 64.7 Å². The number of isocyanates is 1. The topological polar surface area (TPSA) is 61.7 Å². The van der Waals surface area contributed by atoms with Gasteiger partial charge in [0.2, 0.25) is 6.08 Å². The van der Waals surface area contributed by atoms with Crippen molar-refractivity contribution in [2.75, 3.05) is 0 Å². The van der Waals surface area contributed by atoms with Gasteiger partial charge in [-0.2, -0.15) is 4.99 Å². The molecule has 0 amide bonds. The van der Waals surface area contributed by atoms with Crippen molar-refractivity contribution in [2.24, 2.45) is 16.8 Å². The molecule has 0 spiro atoms. The number of fused-ring (bicyclic) bond motifs is 1. The molecular weight excluding hydrogens is 276 g/mol. The van der Waals surface area contributed by atoms with E-state index in [9.17, 15) is 9.90 Å². The molecule has 3 rings (SSSR count). The number of aliphatic hydroxyl groups is 1. The maximum Gasteiger partial charge on any atom is 0.235 e. The average Bonchev–Trinajstić information content (AvgIpc) is 2.54. The minimum Gasteiger partial charge on any atom is -0.375 e. The Bertz CT molecular complexity index is 635. The summed E-state index contributed by atoms with van der Waals surface area (Å²) in [5, 5.41) is 13.0. The lowest BCUT2D eigenvalue weighted by Crippen LogP contribution is -2.46. The normalized spacial score (nSPS) is 34.3. The Kier molecular flexibility index (Phi) is 4.34. The standard InChI is InChI=1S/C18H20N2O2/c1-12-9-15-10-14(7-8-16(15)20-18(12)22)17(19-11-21)13-5-3-2-4-6-13/h2-5,7-10,13,15-18,20,22H,6H2,1H3. The van der Waals surface area contributed by atoms with Gasteiger partial charge in [-0.15, -0.1) is 0 Å². The smallest absolute Gasteiger partial charge is 0.235 e. The van der Waals surface area contributed by atoms with E-state index in [-0.39, 0.29) is 23.9 Å². The van der Waals surface area contributed by atoms with E-state index in [2.05, 4.69) is 34.6 Å². The summed E-state index contributed by atoms with van der Waals surface area (Å²) in [4.78, 5) is 14.9. The van der Waals surface area contributed by atoms with Crippen molar-refractivity contribution in [2.45, 2.75) is 31.7 Å². The van der Waals surface area contributed by atoms with Crippen LogP contribution in [-0.4, -0.2) is 29.5 Å². The zero-order valence-electron chi connectivity index (χ0n) is 12.5. The lowest BCUT2D eigenvalue weighted by Gasteiger charge is -2.34. The van der Waals surface area contributed by atoms with Crippen LogP contribution in [0.25, 0.3) is 0 Å². The average molecular weight is 296 g/mol. The highest BCUT2D eigenvalue weighted by Crippen LogP contribution is 2.31. The second kappa shape index (κ2) is 6.41. The van der Waals surface area contributed by atoms with Gasteiger partial charge in [0.25, 0.3) is 0 Å². The number of aliphatic imine (C=N–C) groups is 1. The van der Waals surface area contributed by atoms with E-state index in [0.29, 0.717) is 0 Å². The SMILES string of the molecule is CC1=CC2C=C(C(N=C=O)C3C=CC=CC3)C=CC2NC1O. The molecule has 0 aromatic heterocycles. The van der Waals surface area contributed by atoms with Crippen LogP contribution in [0.3, 0.4) is 0 Å². The molecule has 22 heavy (non-hydrogen) atoms. The summed E-state index contributed by atoms with van der Waals surface area (Å²) in [7, 11) is 0. The Labute approximate surface area is 130 Å². The molecule has 1 heterocycles. The first-order valence-electron chi connectivity index (χ1n) is 7.61. The summed E-state index contributed by atoms with van der Waals surface area (Å²) in [5.74, 6) is 0.363. The molecule has 5 unspecified atom stereocenters. The Balaban J connectivity index is 1.88. The van der Waals surface area contributed by atoms with Crippen molar-refractivity contribution in [1.82, 2.24) is 5.32 Å². The summed E-state index contributed by atoms with van der Waals surface area (Å²) < 4.78 is 0. The van der Waals surface area contributed by atoms with Crippen molar-refractivity contribution in [1.29, 1.82) is 0 Å². The van der Waals surface area contributed by atoms with E-state index in [1.54, 1.807) is 6.08 Å². The second-order valence-electron chi connectivity index (χ2n) is 5.99. The van der Waals surface area contributed by atoms with Crippen LogP contribution < -0.4 is 5.32 Å². The molecule has 5 atom stereocenters. The summed E-state index contributed by atoms with van der Waals surface area (Å²) in [6.45, 7) is 1.91. The van der Waals surface area contributed by atoms with Crippen LogP contribution in [0.5, 0.6) is 0 Å². The van der Waals surface area contributed by atoms with E-state index >= 15 is 0 Å². The van der Waals surface area contributed by atoms with Crippen LogP contribution in [0.4, 0.5) is 0 Å². The van der Waals surface area contributed by atoms with E-state index in [1.807, 2.05) is 31.2 Å². The van der Waals surface area contributed by atoms with Crippen LogP contribution in [-0.2, 0) is 4.79 Å². The quantitative estimate of drug-likeness (QED) is 0.477. The molecular formula is C18H20N2O2. The third kappa shape index (κ3) is 2.95. The summed E-state index contributed by atoms with van der Waals surface area (Å²) in [5.41, 5.74) is 1.96. The summed E-state index contributed by atoms with van der Waals surface area (Å²) in [6.07, 6.45) is 18.5. The molecule has 0 aromatic carbocycles. The molecule has 114 valence electrons. The number of rotatable bonds is 3.